The van der Waals surface area contributed by atoms with Gasteiger partial charge in [0.2, 0.25) is 0 Å². The summed E-state index contributed by atoms with van der Waals surface area (Å²) in [5.74, 6) is 0.760. The van der Waals surface area contributed by atoms with Crippen molar-refractivity contribution in [1.82, 2.24) is 4.90 Å². The van der Waals surface area contributed by atoms with Crippen LogP contribution < -0.4 is 5.73 Å². The largest absolute Gasteiger partial charge is 0.399 e. The zero-order valence-corrected chi connectivity index (χ0v) is 10.9. The Morgan fingerprint density at radius 3 is 2.50 bits per heavy atom. The molecule has 0 aliphatic rings. The second kappa shape index (κ2) is 5.90. The van der Waals surface area contributed by atoms with Gasteiger partial charge in [0.25, 0.3) is 0 Å². The quantitative estimate of drug-likeness (QED) is 0.771. The average molecular weight is 220 g/mol. The number of nitrogens with zero attached hydrogens (tertiary/aromatic N) is 1. The summed E-state index contributed by atoms with van der Waals surface area (Å²) in [6, 6.07) is 8.60. The van der Waals surface area contributed by atoms with Crippen molar-refractivity contribution < 1.29 is 0 Å². The number of nitrogen functional groups attached to an aromatic ring is 1. The molecular formula is C14H24N2. The Morgan fingerprint density at radius 2 is 1.94 bits per heavy atom. The Kier molecular flexibility index (Phi) is 4.81. The van der Waals surface area contributed by atoms with Gasteiger partial charge < -0.3 is 5.73 Å². The minimum atomic E-state index is 0.433. The molecule has 1 aromatic carbocycles. The molecule has 0 amide bonds. The van der Waals surface area contributed by atoms with Gasteiger partial charge in [0.1, 0.15) is 0 Å². The number of benzene rings is 1. The lowest BCUT2D eigenvalue weighted by Crippen LogP contribution is -2.24. The van der Waals surface area contributed by atoms with Crippen LogP contribution in [-0.4, -0.2) is 18.5 Å². The Bertz CT molecular complexity index is 320. The molecule has 90 valence electrons. The number of anilines is 1. The fourth-order valence-corrected chi connectivity index (χ4v) is 1.73. The first-order chi connectivity index (χ1) is 7.50. The van der Waals surface area contributed by atoms with E-state index >= 15 is 0 Å². The lowest BCUT2D eigenvalue weighted by molar-refractivity contribution is 0.246. The summed E-state index contributed by atoms with van der Waals surface area (Å²) < 4.78 is 0. The van der Waals surface area contributed by atoms with E-state index in [1.54, 1.807) is 0 Å². The molecule has 0 spiro atoms. The third-order valence-corrected chi connectivity index (χ3v) is 3.11. The summed E-state index contributed by atoms with van der Waals surface area (Å²) in [6.45, 7) is 7.89. The number of hydrogen-bond donors (Lipinski definition) is 1. The van der Waals surface area contributed by atoms with Crippen LogP contribution in [0.5, 0.6) is 0 Å². The van der Waals surface area contributed by atoms with Gasteiger partial charge in [-0.1, -0.05) is 26.0 Å². The highest BCUT2D eigenvalue weighted by atomic mass is 15.1. The Balaban J connectivity index is 2.59. The van der Waals surface area contributed by atoms with E-state index in [0.717, 1.165) is 18.2 Å². The Hall–Kier alpha value is -1.02. The summed E-state index contributed by atoms with van der Waals surface area (Å²) in [5, 5.41) is 0. The van der Waals surface area contributed by atoms with Crippen molar-refractivity contribution >= 4 is 5.69 Å². The molecular weight excluding hydrogens is 196 g/mol. The van der Waals surface area contributed by atoms with E-state index in [-0.39, 0.29) is 0 Å². The van der Waals surface area contributed by atoms with Gasteiger partial charge >= 0.3 is 0 Å². The minimum absolute atomic E-state index is 0.433. The van der Waals surface area contributed by atoms with Gasteiger partial charge in [-0.2, -0.15) is 0 Å². The van der Waals surface area contributed by atoms with Gasteiger partial charge in [0.05, 0.1) is 0 Å². The van der Waals surface area contributed by atoms with Gasteiger partial charge in [-0.25, -0.2) is 0 Å². The Labute approximate surface area is 99.5 Å². The maximum Gasteiger partial charge on any atom is 0.0317 e. The van der Waals surface area contributed by atoms with E-state index < -0.39 is 0 Å². The van der Waals surface area contributed by atoms with Crippen molar-refractivity contribution in [3.63, 3.8) is 0 Å². The van der Waals surface area contributed by atoms with Crippen molar-refractivity contribution in [2.45, 2.75) is 33.2 Å². The third kappa shape index (κ3) is 3.86. The standard InChI is InChI=1S/C14H24N2/c1-11(2)8-9-16(4)12(3)13-6-5-7-14(15)10-13/h5-7,10-12H,8-9,15H2,1-4H3. The first-order valence-electron chi connectivity index (χ1n) is 6.06. The Morgan fingerprint density at radius 1 is 1.25 bits per heavy atom. The zero-order valence-electron chi connectivity index (χ0n) is 10.9. The van der Waals surface area contributed by atoms with E-state index in [1.807, 2.05) is 12.1 Å². The molecule has 1 unspecified atom stereocenters. The SMILES string of the molecule is CC(C)CCN(C)C(C)c1cccc(N)c1. The van der Waals surface area contributed by atoms with Crippen LogP contribution in [0.25, 0.3) is 0 Å². The zero-order chi connectivity index (χ0) is 12.1. The summed E-state index contributed by atoms with van der Waals surface area (Å²) in [6.07, 6.45) is 1.24. The fraction of sp³-hybridized carbons (Fsp3) is 0.571. The topological polar surface area (TPSA) is 29.3 Å². The van der Waals surface area contributed by atoms with Crippen molar-refractivity contribution in [1.29, 1.82) is 0 Å². The van der Waals surface area contributed by atoms with Crippen LogP contribution in [0.4, 0.5) is 5.69 Å². The molecule has 0 aliphatic carbocycles. The monoisotopic (exact) mass is 220 g/mol. The molecule has 1 aromatic rings. The summed E-state index contributed by atoms with van der Waals surface area (Å²) in [5.41, 5.74) is 7.95. The highest BCUT2D eigenvalue weighted by molar-refractivity contribution is 5.41. The van der Waals surface area contributed by atoms with Gasteiger partial charge in [0.15, 0.2) is 0 Å². The van der Waals surface area contributed by atoms with E-state index in [0.29, 0.717) is 6.04 Å². The average Bonchev–Trinajstić information content (AvgIpc) is 2.24. The van der Waals surface area contributed by atoms with Crippen molar-refractivity contribution in [3.05, 3.63) is 29.8 Å². The molecule has 2 N–H and O–H groups in total. The summed E-state index contributed by atoms with van der Waals surface area (Å²) >= 11 is 0. The van der Waals surface area contributed by atoms with E-state index in [1.165, 1.54) is 12.0 Å². The summed E-state index contributed by atoms with van der Waals surface area (Å²) in [4.78, 5) is 2.38. The molecule has 0 heterocycles. The van der Waals surface area contributed by atoms with Gasteiger partial charge in [0, 0.05) is 11.7 Å². The lowest BCUT2D eigenvalue weighted by atomic mass is 10.1. The number of nitrogens with two attached hydrogens (primary N) is 1. The third-order valence-electron chi connectivity index (χ3n) is 3.11. The molecule has 16 heavy (non-hydrogen) atoms. The van der Waals surface area contributed by atoms with Crippen molar-refractivity contribution in [2.24, 2.45) is 5.92 Å². The second-order valence-corrected chi connectivity index (χ2v) is 5.01. The predicted molar refractivity (Wildman–Crippen MR) is 71.4 cm³/mol. The van der Waals surface area contributed by atoms with Crippen LogP contribution in [0, 0.1) is 5.92 Å². The molecule has 2 nitrogen and oxygen atoms in total. The molecule has 0 bridgehead atoms. The van der Waals surface area contributed by atoms with Crippen LogP contribution >= 0.6 is 0 Å². The van der Waals surface area contributed by atoms with Crippen LogP contribution in [-0.2, 0) is 0 Å². The molecule has 2 heteroatoms. The van der Waals surface area contributed by atoms with Crippen LogP contribution in [0.2, 0.25) is 0 Å². The molecule has 1 rings (SSSR count). The fourth-order valence-electron chi connectivity index (χ4n) is 1.73. The van der Waals surface area contributed by atoms with Gasteiger partial charge in [-0.3, -0.25) is 4.90 Å². The van der Waals surface area contributed by atoms with E-state index in [9.17, 15) is 0 Å². The maximum absolute atomic E-state index is 5.80. The molecule has 0 fully saturated rings. The highest BCUT2D eigenvalue weighted by Crippen LogP contribution is 2.21. The first kappa shape index (κ1) is 13.0. The number of rotatable bonds is 5. The van der Waals surface area contributed by atoms with E-state index in [2.05, 4.69) is 44.9 Å². The van der Waals surface area contributed by atoms with Crippen LogP contribution in [0.15, 0.2) is 24.3 Å². The maximum atomic E-state index is 5.80. The van der Waals surface area contributed by atoms with Crippen LogP contribution in [0.3, 0.4) is 0 Å². The predicted octanol–water partition coefficient (Wildman–Crippen LogP) is 3.31. The van der Waals surface area contributed by atoms with Gasteiger partial charge in [-0.05, 0) is 50.6 Å². The smallest absolute Gasteiger partial charge is 0.0317 e. The molecule has 1 atom stereocenters. The van der Waals surface area contributed by atoms with E-state index in [4.69, 9.17) is 5.73 Å². The highest BCUT2D eigenvalue weighted by Gasteiger charge is 2.11. The first-order valence-corrected chi connectivity index (χ1v) is 6.06. The molecule has 0 radical (unpaired) electrons. The van der Waals surface area contributed by atoms with Crippen molar-refractivity contribution in [2.75, 3.05) is 19.3 Å². The molecule has 0 saturated carbocycles. The van der Waals surface area contributed by atoms with Gasteiger partial charge in [-0.15, -0.1) is 0 Å². The number of hydrogen-bond acceptors (Lipinski definition) is 2. The minimum Gasteiger partial charge on any atom is -0.399 e. The molecule has 0 aromatic heterocycles. The summed E-state index contributed by atoms with van der Waals surface area (Å²) in [7, 11) is 2.18. The molecule has 0 saturated heterocycles. The molecule has 0 aliphatic heterocycles. The lowest BCUT2D eigenvalue weighted by Gasteiger charge is -2.26. The second-order valence-electron chi connectivity index (χ2n) is 5.01. The normalized spacial score (nSPS) is 13.4. The van der Waals surface area contributed by atoms with Crippen LogP contribution in [0.1, 0.15) is 38.8 Å². The van der Waals surface area contributed by atoms with Crippen molar-refractivity contribution in [3.8, 4) is 0 Å².